The molecule has 19 heavy (non-hydrogen) atoms. The fraction of sp³-hybridized carbons (Fsp3) is 0.625. The van der Waals surface area contributed by atoms with E-state index in [-0.39, 0.29) is 0 Å². The van der Waals surface area contributed by atoms with Crippen LogP contribution < -0.4 is 15.5 Å². The van der Waals surface area contributed by atoms with Gasteiger partial charge in [0.15, 0.2) is 0 Å². The summed E-state index contributed by atoms with van der Waals surface area (Å²) in [6.07, 6.45) is 6.47. The van der Waals surface area contributed by atoms with Gasteiger partial charge in [-0.05, 0) is 69.5 Å². The lowest BCUT2D eigenvalue weighted by atomic mass is 10.1. The molecule has 3 rings (SSSR count). The van der Waals surface area contributed by atoms with Crippen LogP contribution >= 0.6 is 0 Å². The molecule has 2 aliphatic heterocycles. The SMILES string of the molecule is c1cc(N2CCCC2)ccc1NC1CCCNCC1. The van der Waals surface area contributed by atoms with Crippen molar-refractivity contribution in [3.8, 4) is 0 Å². The third-order valence-electron chi connectivity index (χ3n) is 4.29. The summed E-state index contributed by atoms with van der Waals surface area (Å²) in [7, 11) is 0. The highest BCUT2D eigenvalue weighted by Crippen LogP contribution is 2.23. The van der Waals surface area contributed by atoms with Crippen LogP contribution in [0.25, 0.3) is 0 Å². The van der Waals surface area contributed by atoms with Crippen molar-refractivity contribution in [2.75, 3.05) is 36.4 Å². The fourth-order valence-electron chi connectivity index (χ4n) is 3.14. The molecule has 2 fully saturated rings. The van der Waals surface area contributed by atoms with E-state index in [0.717, 1.165) is 6.54 Å². The second-order valence-corrected chi connectivity index (χ2v) is 5.76. The maximum Gasteiger partial charge on any atom is 0.0367 e. The Bertz CT molecular complexity index is 373. The van der Waals surface area contributed by atoms with Crippen molar-refractivity contribution in [3.63, 3.8) is 0 Å². The van der Waals surface area contributed by atoms with Crippen molar-refractivity contribution in [2.45, 2.75) is 38.1 Å². The molecule has 0 aromatic heterocycles. The molecule has 3 heteroatoms. The summed E-state index contributed by atoms with van der Waals surface area (Å²) in [4.78, 5) is 2.49. The number of hydrogen-bond acceptors (Lipinski definition) is 3. The zero-order valence-corrected chi connectivity index (χ0v) is 11.7. The maximum atomic E-state index is 3.68. The molecule has 2 aliphatic rings. The number of benzene rings is 1. The molecule has 0 radical (unpaired) electrons. The van der Waals surface area contributed by atoms with Crippen molar-refractivity contribution in [1.29, 1.82) is 0 Å². The van der Waals surface area contributed by atoms with Gasteiger partial charge in [0.25, 0.3) is 0 Å². The monoisotopic (exact) mass is 259 g/mol. The molecule has 0 amide bonds. The molecule has 1 atom stereocenters. The number of nitrogens with one attached hydrogen (secondary N) is 2. The predicted octanol–water partition coefficient (Wildman–Crippen LogP) is 2.84. The van der Waals surface area contributed by atoms with Crippen LogP contribution in [0.3, 0.4) is 0 Å². The molecule has 1 aromatic rings. The number of hydrogen-bond donors (Lipinski definition) is 2. The van der Waals surface area contributed by atoms with Crippen LogP contribution in [0.2, 0.25) is 0 Å². The zero-order valence-electron chi connectivity index (χ0n) is 11.7. The molecule has 2 saturated heterocycles. The Morgan fingerprint density at radius 2 is 1.74 bits per heavy atom. The molecule has 1 unspecified atom stereocenters. The van der Waals surface area contributed by atoms with E-state index in [2.05, 4.69) is 39.8 Å². The van der Waals surface area contributed by atoms with E-state index in [1.807, 2.05) is 0 Å². The fourth-order valence-corrected chi connectivity index (χ4v) is 3.14. The number of rotatable bonds is 3. The Balaban J connectivity index is 1.58. The van der Waals surface area contributed by atoms with E-state index in [9.17, 15) is 0 Å². The molecule has 0 bridgehead atoms. The largest absolute Gasteiger partial charge is 0.382 e. The van der Waals surface area contributed by atoms with Gasteiger partial charge in [-0.3, -0.25) is 0 Å². The van der Waals surface area contributed by atoms with Crippen LogP contribution in [0.1, 0.15) is 32.1 Å². The van der Waals surface area contributed by atoms with Crippen LogP contribution in [0, 0.1) is 0 Å². The first-order chi connectivity index (χ1) is 9.42. The highest BCUT2D eigenvalue weighted by Gasteiger charge is 2.13. The molecule has 1 aromatic carbocycles. The predicted molar refractivity (Wildman–Crippen MR) is 82.0 cm³/mol. The average molecular weight is 259 g/mol. The van der Waals surface area contributed by atoms with Gasteiger partial charge in [0.05, 0.1) is 0 Å². The molecular formula is C16H25N3. The van der Waals surface area contributed by atoms with Gasteiger partial charge in [-0.15, -0.1) is 0 Å². The van der Waals surface area contributed by atoms with E-state index in [1.165, 1.54) is 63.1 Å². The Morgan fingerprint density at radius 1 is 0.947 bits per heavy atom. The van der Waals surface area contributed by atoms with Gasteiger partial charge < -0.3 is 15.5 Å². The minimum atomic E-state index is 0.632. The molecule has 104 valence electrons. The molecule has 3 nitrogen and oxygen atoms in total. The summed E-state index contributed by atoms with van der Waals surface area (Å²) >= 11 is 0. The minimum Gasteiger partial charge on any atom is -0.382 e. The van der Waals surface area contributed by atoms with Crippen LogP contribution in [-0.2, 0) is 0 Å². The van der Waals surface area contributed by atoms with Gasteiger partial charge >= 0.3 is 0 Å². The van der Waals surface area contributed by atoms with E-state index >= 15 is 0 Å². The lowest BCUT2D eigenvalue weighted by molar-refractivity contribution is 0.637. The van der Waals surface area contributed by atoms with Crippen LogP contribution in [0.4, 0.5) is 11.4 Å². The standard InChI is InChI=1S/C16H25N3/c1-2-13-19(12-1)16-7-5-15(6-8-16)18-14-4-3-10-17-11-9-14/h5-8,14,17-18H,1-4,9-13H2. The van der Waals surface area contributed by atoms with Crippen molar-refractivity contribution in [1.82, 2.24) is 5.32 Å². The summed E-state index contributed by atoms with van der Waals surface area (Å²) in [6, 6.07) is 9.65. The number of nitrogens with zero attached hydrogens (tertiary/aromatic N) is 1. The lowest BCUT2D eigenvalue weighted by Gasteiger charge is -2.20. The molecule has 2 N–H and O–H groups in total. The van der Waals surface area contributed by atoms with Crippen molar-refractivity contribution in [3.05, 3.63) is 24.3 Å². The molecule has 0 spiro atoms. The van der Waals surface area contributed by atoms with Gasteiger partial charge in [-0.2, -0.15) is 0 Å². The topological polar surface area (TPSA) is 27.3 Å². The highest BCUT2D eigenvalue weighted by atomic mass is 15.1. The molecule has 0 aliphatic carbocycles. The Labute approximate surface area is 116 Å². The first-order valence-electron chi connectivity index (χ1n) is 7.74. The zero-order chi connectivity index (χ0) is 12.9. The first kappa shape index (κ1) is 12.8. The van der Waals surface area contributed by atoms with Crippen molar-refractivity contribution in [2.24, 2.45) is 0 Å². The Morgan fingerprint density at radius 3 is 2.53 bits per heavy atom. The first-order valence-corrected chi connectivity index (χ1v) is 7.74. The summed E-state index contributed by atoms with van der Waals surface area (Å²) in [5.74, 6) is 0. The highest BCUT2D eigenvalue weighted by molar-refractivity contribution is 5.55. The second-order valence-electron chi connectivity index (χ2n) is 5.76. The van der Waals surface area contributed by atoms with Crippen LogP contribution in [-0.4, -0.2) is 32.2 Å². The van der Waals surface area contributed by atoms with Gasteiger partial charge in [-0.1, -0.05) is 0 Å². The summed E-state index contributed by atoms with van der Waals surface area (Å²) in [6.45, 7) is 4.76. The van der Waals surface area contributed by atoms with Gasteiger partial charge in [0.1, 0.15) is 0 Å². The van der Waals surface area contributed by atoms with E-state index in [0.29, 0.717) is 6.04 Å². The number of anilines is 2. The van der Waals surface area contributed by atoms with Crippen LogP contribution in [0.15, 0.2) is 24.3 Å². The van der Waals surface area contributed by atoms with Gasteiger partial charge in [0, 0.05) is 30.5 Å². The molecule has 2 heterocycles. The third kappa shape index (κ3) is 3.41. The van der Waals surface area contributed by atoms with Gasteiger partial charge in [0.2, 0.25) is 0 Å². The summed E-state index contributed by atoms with van der Waals surface area (Å²) < 4.78 is 0. The second kappa shape index (κ2) is 6.29. The lowest BCUT2D eigenvalue weighted by Crippen LogP contribution is -2.21. The minimum absolute atomic E-state index is 0.632. The van der Waals surface area contributed by atoms with E-state index < -0.39 is 0 Å². The smallest absolute Gasteiger partial charge is 0.0367 e. The van der Waals surface area contributed by atoms with E-state index in [4.69, 9.17) is 0 Å². The van der Waals surface area contributed by atoms with E-state index in [1.54, 1.807) is 0 Å². The van der Waals surface area contributed by atoms with Gasteiger partial charge in [-0.25, -0.2) is 0 Å². The normalized spacial score (nSPS) is 24.2. The van der Waals surface area contributed by atoms with Crippen molar-refractivity contribution < 1.29 is 0 Å². The van der Waals surface area contributed by atoms with Crippen LogP contribution in [0.5, 0.6) is 0 Å². The molecule has 0 saturated carbocycles. The third-order valence-corrected chi connectivity index (χ3v) is 4.29. The summed E-state index contributed by atoms with van der Waals surface area (Å²) in [5, 5.41) is 7.14. The average Bonchev–Trinajstić information content (AvgIpc) is 2.86. The quantitative estimate of drug-likeness (QED) is 0.874. The Hall–Kier alpha value is -1.22. The Kier molecular flexibility index (Phi) is 4.23. The summed E-state index contributed by atoms with van der Waals surface area (Å²) in [5.41, 5.74) is 2.65. The maximum absolute atomic E-state index is 3.68. The molecular weight excluding hydrogens is 234 g/mol. The van der Waals surface area contributed by atoms with Crippen molar-refractivity contribution >= 4 is 11.4 Å².